The fourth-order valence-corrected chi connectivity index (χ4v) is 1.95. The van der Waals surface area contributed by atoms with Crippen LogP contribution in [0.4, 0.5) is 0 Å². The Morgan fingerprint density at radius 2 is 1.85 bits per heavy atom. The predicted octanol–water partition coefficient (Wildman–Crippen LogP) is 2.38. The van der Waals surface area contributed by atoms with Crippen LogP contribution in [-0.4, -0.2) is 22.6 Å². The lowest BCUT2D eigenvalue weighted by molar-refractivity contribution is -0.167. The molecule has 0 aliphatic heterocycles. The molecule has 0 aliphatic carbocycles. The molecule has 0 amide bonds. The maximum atomic E-state index is 12.0. The minimum atomic E-state index is -1.51. The molecule has 1 aromatic rings. The highest BCUT2D eigenvalue weighted by Crippen LogP contribution is 2.28. The Morgan fingerprint density at radius 1 is 1.30 bits per heavy atom. The van der Waals surface area contributed by atoms with Crippen LogP contribution in [0.5, 0.6) is 0 Å². The fraction of sp³-hybridized carbons (Fsp3) is 0.429. The maximum Gasteiger partial charge on any atom is 0.322 e. The summed E-state index contributed by atoms with van der Waals surface area (Å²) in [6.45, 7) is 4.97. The number of carboxylic acids is 1. The van der Waals surface area contributed by atoms with E-state index in [2.05, 4.69) is 0 Å². The van der Waals surface area contributed by atoms with Crippen LogP contribution in [-0.2, 0) is 14.3 Å². The third kappa shape index (κ3) is 4.21. The van der Waals surface area contributed by atoms with Crippen LogP contribution in [0, 0.1) is 5.92 Å². The lowest BCUT2D eigenvalue weighted by Gasteiger charge is -2.25. The number of benzene rings is 1. The molecule has 0 fully saturated rings. The van der Waals surface area contributed by atoms with Gasteiger partial charge in [-0.05, 0) is 32.4 Å². The highest BCUT2D eigenvalue weighted by atomic mass is 35.5. The van der Waals surface area contributed by atoms with E-state index in [1.54, 1.807) is 45.0 Å². The molecular weight excluding hydrogens is 282 g/mol. The van der Waals surface area contributed by atoms with Gasteiger partial charge in [0.05, 0.1) is 6.04 Å². The Bertz CT molecular complexity index is 510. The standard InChI is InChI=1S/C14H18ClNO4/c1-14(2,3)20-13(19)10(12(17)18)11(16)8-6-4-5-7-9(8)15/h4-7,10-11H,16H2,1-3H3,(H,17,18)/t10-,11?/m1/s1. The SMILES string of the molecule is CC(C)(C)OC(=O)[C@@H](C(=O)O)C(N)c1ccccc1Cl. The molecule has 3 N–H and O–H groups in total. The molecule has 0 saturated heterocycles. The number of nitrogens with two attached hydrogens (primary N) is 1. The van der Waals surface area contributed by atoms with Gasteiger partial charge in [-0.15, -0.1) is 0 Å². The highest BCUT2D eigenvalue weighted by Gasteiger charge is 2.37. The fourth-order valence-electron chi connectivity index (χ4n) is 1.69. The largest absolute Gasteiger partial charge is 0.481 e. The van der Waals surface area contributed by atoms with Gasteiger partial charge >= 0.3 is 11.9 Å². The molecule has 0 heterocycles. The van der Waals surface area contributed by atoms with E-state index in [1.165, 1.54) is 0 Å². The van der Waals surface area contributed by atoms with E-state index in [1.807, 2.05) is 0 Å². The zero-order chi connectivity index (χ0) is 15.5. The molecule has 0 saturated carbocycles. The number of hydrogen-bond donors (Lipinski definition) is 2. The number of carboxylic acid groups (broad SMARTS) is 1. The summed E-state index contributed by atoms with van der Waals surface area (Å²) in [4.78, 5) is 23.3. The number of rotatable bonds is 4. The first kappa shape index (κ1) is 16.5. The number of hydrogen-bond acceptors (Lipinski definition) is 4. The van der Waals surface area contributed by atoms with Crippen molar-refractivity contribution in [2.45, 2.75) is 32.4 Å². The molecule has 2 atom stereocenters. The van der Waals surface area contributed by atoms with E-state index in [-0.39, 0.29) is 0 Å². The van der Waals surface area contributed by atoms with Crippen LogP contribution < -0.4 is 5.73 Å². The smallest absolute Gasteiger partial charge is 0.322 e. The van der Waals surface area contributed by atoms with Crippen LogP contribution in [0.25, 0.3) is 0 Å². The van der Waals surface area contributed by atoms with Crippen molar-refractivity contribution in [1.29, 1.82) is 0 Å². The summed E-state index contributed by atoms with van der Waals surface area (Å²) in [5.41, 5.74) is 5.50. The molecule has 0 aromatic heterocycles. The minimum Gasteiger partial charge on any atom is -0.481 e. The van der Waals surface area contributed by atoms with Gasteiger partial charge in [-0.1, -0.05) is 29.8 Å². The van der Waals surface area contributed by atoms with E-state index in [0.717, 1.165) is 0 Å². The van der Waals surface area contributed by atoms with Crippen molar-refractivity contribution in [2.24, 2.45) is 11.7 Å². The van der Waals surface area contributed by atoms with Crippen molar-refractivity contribution in [3.05, 3.63) is 34.9 Å². The second kappa shape index (κ2) is 6.24. The summed E-state index contributed by atoms with van der Waals surface area (Å²) in [6, 6.07) is 5.48. The number of ether oxygens (including phenoxy) is 1. The van der Waals surface area contributed by atoms with E-state index < -0.39 is 29.5 Å². The molecular formula is C14H18ClNO4. The number of carbonyl (C=O) groups is 2. The molecule has 20 heavy (non-hydrogen) atoms. The first-order valence-electron chi connectivity index (χ1n) is 6.09. The Hall–Kier alpha value is -1.59. The summed E-state index contributed by atoms with van der Waals surface area (Å²) < 4.78 is 5.10. The van der Waals surface area contributed by atoms with Crippen LogP contribution >= 0.6 is 11.6 Å². The summed E-state index contributed by atoms with van der Waals surface area (Å²) in [6.07, 6.45) is 0. The Kier molecular flexibility index (Phi) is 5.14. The molecule has 1 rings (SSSR count). The molecule has 110 valence electrons. The third-order valence-electron chi connectivity index (χ3n) is 2.55. The van der Waals surface area contributed by atoms with Gasteiger partial charge in [-0.2, -0.15) is 0 Å². The van der Waals surface area contributed by atoms with E-state index in [4.69, 9.17) is 22.1 Å². The number of aliphatic carboxylic acids is 1. The number of esters is 1. The Balaban J connectivity index is 3.06. The van der Waals surface area contributed by atoms with Crippen LogP contribution in [0.2, 0.25) is 5.02 Å². The van der Waals surface area contributed by atoms with Gasteiger partial charge in [-0.25, -0.2) is 0 Å². The molecule has 1 aromatic carbocycles. The van der Waals surface area contributed by atoms with Crippen LogP contribution in [0.3, 0.4) is 0 Å². The summed E-state index contributed by atoms with van der Waals surface area (Å²) in [5.74, 6) is -3.72. The first-order chi connectivity index (χ1) is 9.13. The van der Waals surface area contributed by atoms with Gasteiger partial charge in [0.25, 0.3) is 0 Å². The molecule has 0 aliphatic rings. The van der Waals surface area contributed by atoms with E-state index in [0.29, 0.717) is 10.6 Å². The van der Waals surface area contributed by atoms with Crippen molar-refractivity contribution >= 4 is 23.5 Å². The van der Waals surface area contributed by atoms with Gasteiger partial charge < -0.3 is 15.6 Å². The lowest BCUT2D eigenvalue weighted by atomic mass is 9.93. The molecule has 1 unspecified atom stereocenters. The minimum absolute atomic E-state index is 0.315. The van der Waals surface area contributed by atoms with Gasteiger partial charge in [0.2, 0.25) is 0 Å². The second-order valence-corrected chi connectivity index (χ2v) is 5.80. The topological polar surface area (TPSA) is 89.6 Å². The Morgan fingerprint density at radius 3 is 2.30 bits per heavy atom. The zero-order valence-corrected chi connectivity index (χ0v) is 12.3. The van der Waals surface area contributed by atoms with E-state index in [9.17, 15) is 14.7 Å². The molecule has 0 bridgehead atoms. The monoisotopic (exact) mass is 299 g/mol. The highest BCUT2D eigenvalue weighted by molar-refractivity contribution is 6.31. The third-order valence-corrected chi connectivity index (χ3v) is 2.89. The van der Waals surface area contributed by atoms with Crippen molar-refractivity contribution in [2.75, 3.05) is 0 Å². The lowest BCUT2D eigenvalue weighted by Crippen LogP contribution is -2.39. The van der Waals surface area contributed by atoms with Gasteiger partial charge in [-0.3, -0.25) is 9.59 Å². The summed E-state index contributed by atoms with van der Waals surface area (Å²) in [5, 5.41) is 9.55. The molecule has 5 nitrogen and oxygen atoms in total. The zero-order valence-electron chi connectivity index (χ0n) is 11.6. The molecule has 6 heteroatoms. The molecule has 0 radical (unpaired) electrons. The van der Waals surface area contributed by atoms with Gasteiger partial charge in [0.1, 0.15) is 5.60 Å². The normalized spacial score (nSPS) is 14.4. The average molecular weight is 300 g/mol. The van der Waals surface area contributed by atoms with Gasteiger partial charge in [0.15, 0.2) is 5.92 Å². The van der Waals surface area contributed by atoms with Crippen molar-refractivity contribution in [3.8, 4) is 0 Å². The van der Waals surface area contributed by atoms with Gasteiger partial charge in [0, 0.05) is 5.02 Å². The van der Waals surface area contributed by atoms with Crippen molar-refractivity contribution < 1.29 is 19.4 Å². The van der Waals surface area contributed by atoms with Crippen LogP contribution in [0.1, 0.15) is 32.4 Å². The Labute approximate surface area is 122 Å². The number of halogens is 1. The van der Waals surface area contributed by atoms with E-state index >= 15 is 0 Å². The average Bonchev–Trinajstić information content (AvgIpc) is 2.26. The number of carbonyl (C=O) groups excluding carboxylic acids is 1. The maximum absolute atomic E-state index is 12.0. The first-order valence-corrected chi connectivity index (χ1v) is 6.47. The predicted molar refractivity (Wildman–Crippen MR) is 75.4 cm³/mol. The molecule has 0 spiro atoms. The van der Waals surface area contributed by atoms with Crippen molar-refractivity contribution in [1.82, 2.24) is 0 Å². The summed E-state index contributed by atoms with van der Waals surface area (Å²) >= 11 is 5.98. The van der Waals surface area contributed by atoms with Crippen molar-refractivity contribution in [3.63, 3.8) is 0 Å². The van der Waals surface area contributed by atoms with Crippen LogP contribution in [0.15, 0.2) is 24.3 Å². The second-order valence-electron chi connectivity index (χ2n) is 5.40. The quantitative estimate of drug-likeness (QED) is 0.658. The summed E-state index contributed by atoms with van der Waals surface area (Å²) in [7, 11) is 0.